The van der Waals surface area contributed by atoms with Crippen LogP contribution in [-0.2, 0) is 4.74 Å². The number of urea groups is 1. The summed E-state index contributed by atoms with van der Waals surface area (Å²) in [5.74, 6) is 0. The van der Waals surface area contributed by atoms with E-state index in [1.807, 2.05) is 31.2 Å². The summed E-state index contributed by atoms with van der Waals surface area (Å²) >= 11 is 0. The first-order valence-electron chi connectivity index (χ1n) is 9.24. The smallest absolute Gasteiger partial charge is 0.319 e. The Bertz CT molecular complexity index is 691. The third-order valence-corrected chi connectivity index (χ3v) is 4.69. The molecule has 0 spiro atoms. The molecule has 134 valence electrons. The van der Waals surface area contributed by atoms with Gasteiger partial charge in [0.25, 0.3) is 0 Å². The van der Waals surface area contributed by atoms with E-state index in [9.17, 15) is 4.79 Å². The summed E-state index contributed by atoms with van der Waals surface area (Å²) in [6.45, 7) is 2.53. The molecule has 1 aromatic carbocycles. The minimum absolute atomic E-state index is 0.0279. The number of carbonyl (C=O) groups is 1. The fourth-order valence-electron chi connectivity index (χ4n) is 3.34. The maximum atomic E-state index is 12.3. The predicted octanol–water partition coefficient (Wildman–Crippen LogP) is 4.48. The first-order chi connectivity index (χ1) is 12.2. The van der Waals surface area contributed by atoms with Crippen molar-refractivity contribution in [3.8, 4) is 0 Å². The Hall–Kier alpha value is -2.14. The Kier molecular flexibility index (Phi) is 6.23. The number of ether oxygens (including phenoxy) is 1. The van der Waals surface area contributed by atoms with Crippen molar-refractivity contribution in [2.45, 2.75) is 57.6 Å². The number of nitrogens with one attached hydrogen (secondary N) is 2. The maximum Gasteiger partial charge on any atom is 0.319 e. The van der Waals surface area contributed by atoms with Crippen molar-refractivity contribution >= 4 is 22.5 Å². The number of fused-ring (bicyclic) bond motifs is 1. The zero-order valence-corrected chi connectivity index (χ0v) is 14.8. The molecule has 0 unspecified atom stereocenters. The van der Waals surface area contributed by atoms with Crippen LogP contribution < -0.4 is 10.6 Å². The lowest BCUT2D eigenvalue weighted by Crippen LogP contribution is -2.39. The van der Waals surface area contributed by atoms with Crippen molar-refractivity contribution in [2.75, 3.05) is 11.9 Å². The second-order valence-corrected chi connectivity index (χ2v) is 6.85. The Morgan fingerprint density at radius 2 is 2.04 bits per heavy atom. The molecule has 1 aromatic heterocycles. The van der Waals surface area contributed by atoms with E-state index in [0.29, 0.717) is 12.7 Å². The highest BCUT2D eigenvalue weighted by molar-refractivity contribution is 6.01. The summed E-state index contributed by atoms with van der Waals surface area (Å²) in [5.41, 5.74) is 0.786. The zero-order valence-electron chi connectivity index (χ0n) is 14.8. The third kappa shape index (κ3) is 5.16. The lowest BCUT2D eigenvalue weighted by molar-refractivity contribution is 0.0335. The molecule has 2 N–H and O–H groups in total. The van der Waals surface area contributed by atoms with Gasteiger partial charge in [0.2, 0.25) is 0 Å². The second-order valence-electron chi connectivity index (χ2n) is 6.85. The summed E-state index contributed by atoms with van der Waals surface area (Å²) in [4.78, 5) is 16.4. The number of nitrogens with zero attached hydrogens (tertiary/aromatic N) is 1. The van der Waals surface area contributed by atoms with E-state index in [0.717, 1.165) is 29.3 Å². The van der Waals surface area contributed by atoms with Gasteiger partial charge in [-0.2, -0.15) is 0 Å². The minimum atomic E-state index is -0.207. The average molecular weight is 341 g/mol. The fourth-order valence-corrected chi connectivity index (χ4v) is 3.34. The fraction of sp³-hybridized carbons (Fsp3) is 0.500. The molecule has 1 atom stereocenters. The molecule has 5 nitrogen and oxygen atoms in total. The van der Waals surface area contributed by atoms with E-state index >= 15 is 0 Å². The van der Waals surface area contributed by atoms with Crippen LogP contribution in [0.4, 0.5) is 10.5 Å². The molecule has 1 aliphatic carbocycles. The number of amides is 2. The highest BCUT2D eigenvalue weighted by atomic mass is 16.5. The van der Waals surface area contributed by atoms with Crippen LogP contribution in [0.15, 0.2) is 36.7 Å². The molecule has 1 saturated carbocycles. The number of benzene rings is 1. The van der Waals surface area contributed by atoms with Crippen molar-refractivity contribution in [3.63, 3.8) is 0 Å². The van der Waals surface area contributed by atoms with Gasteiger partial charge < -0.3 is 15.4 Å². The highest BCUT2D eigenvalue weighted by Crippen LogP contribution is 2.22. The number of anilines is 1. The van der Waals surface area contributed by atoms with Crippen molar-refractivity contribution in [1.82, 2.24) is 10.3 Å². The lowest BCUT2D eigenvalue weighted by atomic mass is 10.1. The minimum Gasteiger partial charge on any atom is -0.376 e. The SMILES string of the molecule is C[C@@H](COC1CCCCCC1)NC(=O)Nc1cccc2cnccc12. The molecule has 25 heavy (non-hydrogen) atoms. The van der Waals surface area contributed by atoms with Crippen molar-refractivity contribution in [2.24, 2.45) is 0 Å². The average Bonchev–Trinajstić information content (AvgIpc) is 2.89. The van der Waals surface area contributed by atoms with Crippen molar-refractivity contribution in [3.05, 3.63) is 36.7 Å². The van der Waals surface area contributed by atoms with Crippen molar-refractivity contribution in [1.29, 1.82) is 0 Å². The molecule has 0 saturated heterocycles. The molecule has 5 heteroatoms. The quantitative estimate of drug-likeness (QED) is 0.788. The Labute approximate surface area is 149 Å². The van der Waals surface area contributed by atoms with Gasteiger partial charge in [0.15, 0.2) is 0 Å². The number of rotatable bonds is 5. The lowest BCUT2D eigenvalue weighted by Gasteiger charge is -2.20. The number of carbonyl (C=O) groups excluding carboxylic acids is 1. The molecular weight excluding hydrogens is 314 g/mol. The van der Waals surface area contributed by atoms with Crippen LogP contribution in [0.25, 0.3) is 10.8 Å². The number of hydrogen-bond donors (Lipinski definition) is 2. The molecule has 0 bridgehead atoms. The molecule has 2 aromatic rings. The van der Waals surface area contributed by atoms with Crippen LogP contribution in [-0.4, -0.2) is 29.8 Å². The molecule has 2 amide bonds. The van der Waals surface area contributed by atoms with E-state index in [-0.39, 0.29) is 12.1 Å². The molecular formula is C20H27N3O2. The largest absolute Gasteiger partial charge is 0.376 e. The van der Waals surface area contributed by atoms with Gasteiger partial charge in [-0.1, -0.05) is 37.8 Å². The molecule has 1 fully saturated rings. The van der Waals surface area contributed by atoms with Crippen LogP contribution in [0, 0.1) is 0 Å². The van der Waals surface area contributed by atoms with Gasteiger partial charge in [0.05, 0.1) is 24.4 Å². The van der Waals surface area contributed by atoms with Crippen LogP contribution >= 0.6 is 0 Å². The van der Waals surface area contributed by atoms with Gasteiger partial charge in [0.1, 0.15) is 0 Å². The predicted molar refractivity (Wildman–Crippen MR) is 101 cm³/mol. The van der Waals surface area contributed by atoms with E-state index < -0.39 is 0 Å². The number of hydrogen-bond acceptors (Lipinski definition) is 3. The van der Waals surface area contributed by atoms with Gasteiger partial charge in [-0.15, -0.1) is 0 Å². The normalized spacial score (nSPS) is 17.0. The van der Waals surface area contributed by atoms with Crippen LogP contribution in [0.3, 0.4) is 0 Å². The molecule has 3 rings (SSSR count). The van der Waals surface area contributed by atoms with Crippen LogP contribution in [0.1, 0.15) is 45.4 Å². The summed E-state index contributed by atoms with van der Waals surface area (Å²) in [6.07, 6.45) is 11.3. The summed E-state index contributed by atoms with van der Waals surface area (Å²) in [5, 5.41) is 7.87. The highest BCUT2D eigenvalue weighted by Gasteiger charge is 2.15. The Morgan fingerprint density at radius 1 is 1.24 bits per heavy atom. The van der Waals surface area contributed by atoms with E-state index in [2.05, 4.69) is 15.6 Å². The Morgan fingerprint density at radius 3 is 2.84 bits per heavy atom. The molecule has 0 aliphatic heterocycles. The standard InChI is InChI=1S/C20H27N3O2/c1-15(14-25-17-8-4-2-3-5-9-17)22-20(24)23-19-10-6-7-16-13-21-12-11-18(16)19/h6-7,10-13,15,17H,2-5,8-9,14H2,1H3,(H2,22,23,24)/t15-/m0/s1. The zero-order chi connectivity index (χ0) is 17.5. The monoisotopic (exact) mass is 341 g/mol. The Balaban J connectivity index is 1.49. The van der Waals surface area contributed by atoms with Gasteiger partial charge in [-0.25, -0.2) is 4.79 Å². The topological polar surface area (TPSA) is 63.2 Å². The summed E-state index contributed by atoms with van der Waals surface area (Å²) in [6, 6.07) is 7.46. The first kappa shape index (κ1) is 17.7. The first-order valence-corrected chi connectivity index (χ1v) is 9.24. The number of aromatic nitrogens is 1. The third-order valence-electron chi connectivity index (χ3n) is 4.69. The molecule has 1 heterocycles. The van der Waals surface area contributed by atoms with Gasteiger partial charge in [0, 0.05) is 23.2 Å². The molecule has 1 aliphatic rings. The van der Waals surface area contributed by atoms with E-state index in [4.69, 9.17) is 4.74 Å². The summed E-state index contributed by atoms with van der Waals surface area (Å²) < 4.78 is 6.00. The van der Waals surface area contributed by atoms with E-state index in [1.54, 1.807) is 12.4 Å². The van der Waals surface area contributed by atoms with Crippen molar-refractivity contribution < 1.29 is 9.53 Å². The number of pyridine rings is 1. The van der Waals surface area contributed by atoms with Gasteiger partial charge >= 0.3 is 6.03 Å². The molecule has 0 radical (unpaired) electrons. The van der Waals surface area contributed by atoms with E-state index in [1.165, 1.54) is 25.7 Å². The second kappa shape index (κ2) is 8.81. The maximum absolute atomic E-state index is 12.3. The van der Waals surface area contributed by atoms with Gasteiger partial charge in [-0.3, -0.25) is 4.98 Å². The van der Waals surface area contributed by atoms with Gasteiger partial charge in [-0.05, 0) is 31.9 Å². The summed E-state index contributed by atoms with van der Waals surface area (Å²) in [7, 11) is 0. The van der Waals surface area contributed by atoms with Crippen LogP contribution in [0.2, 0.25) is 0 Å². The van der Waals surface area contributed by atoms with Crippen LogP contribution in [0.5, 0.6) is 0 Å².